The molecule has 0 atom stereocenters. The molecule has 1 fully saturated rings. The maximum Gasteiger partial charge on any atom is 0.128 e. The zero-order valence-electron chi connectivity index (χ0n) is 21.7. The number of aromatic nitrogens is 1. The average Bonchev–Trinajstić information content (AvgIpc) is 2.73. The molecule has 0 unspecified atom stereocenters. The van der Waals surface area contributed by atoms with Crippen molar-refractivity contribution in [2.45, 2.75) is 104 Å². The van der Waals surface area contributed by atoms with Gasteiger partial charge in [0, 0.05) is 19.3 Å². The predicted octanol–water partition coefficient (Wildman–Crippen LogP) is 7.46. The number of rotatable bonds is 1. The summed E-state index contributed by atoms with van der Waals surface area (Å²) in [5.74, 6) is 2.22. The second-order valence-corrected chi connectivity index (χ2v) is 12.1. The van der Waals surface area contributed by atoms with E-state index in [0.29, 0.717) is 0 Å². The first-order chi connectivity index (χ1) is 14.9. The number of aryl methyl sites for hydroxylation is 1. The van der Waals surface area contributed by atoms with Gasteiger partial charge in [-0.2, -0.15) is 0 Å². The van der Waals surface area contributed by atoms with E-state index in [1.165, 1.54) is 49.0 Å². The Hall–Kier alpha value is -2.03. The number of hydrogen-bond acceptors (Lipinski definition) is 3. The van der Waals surface area contributed by atoms with E-state index in [0.717, 1.165) is 24.4 Å². The summed E-state index contributed by atoms with van der Waals surface area (Å²) in [6.07, 6.45) is 8.26. The van der Waals surface area contributed by atoms with E-state index < -0.39 is 0 Å². The first-order valence-electron chi connectivity index (χ1n) is 12.4. The van der Waals surface area contributed by atoms with Crippen LogP contribution in [0.1, 0.15) is 97.8 Å². The molecular weight excluding hydrogens is 392 g/mol. The molecule has 0 aliphatic carbocycles. The van der Waals surface area contributed by atoms with E-state index in [1.807, 2.05) is 6.20 Å². The highest BCUT2D eigenvalue weighted by atomic mass is 16.5. The van der Waals surface area contributed by atoms with Crippen molar-refractivity contribution < 1.29 is 4.74 Å². The summed E-state index contributed by atoms with van der Waals surface area (Å²) in [6.45, 7) is 20.1. The highest BCUT2D eigenvalue weighted by Crippen LogP contribution is 2.35. The van der Waals surface area contributed by atoms with E-state index in [4.69, 9.17) is 4.74 Å². The van der Waals surface area contributed by atoms with Gasteiger partial charge in [-0.05, 0) is 85.6 Å². The molecule has 1 saturated heterocycles. The SMILES string of the molecule is CC(C)(C)c1ccc(N2CCCCC2)nc1.CC1(C)CCc2cc(C(C)(C)C)ccc2O1. The monoisotopic (exact) mass is 436 g/mol. The van der Waals surface area contributed by atoms with E-state index in [1.54, 1.807) is 0 Å². The molecule has 0 N–H and O–H groups in total. The Morgan fingerprint density at radius 1 is 0.844 bits per heavy atom. The molecule has 3 nitrogen and oxygen atoms in total. The minimum Gasteiger partial charge on any atom is -0.488 e. The van der Waals surface area contributed by atoms with Gasteiger partial charge in [-0.3, -0.25) is 0 Å². The van der Waals surface area contributed by atoms with Crippen LogP contribution in [0.15, 0.2) is 36.5 Å². The highest BCUT2D eigenvalue weighted by molar-refractivity contribution is 5.42. The van der Waals surface area contributed by atoms with E-state index in [9.17, 15) is 0 Å². The molecule has 0 saturated carbocycles. The van der Waals surface area contributed by atoms with Crippen LogP contribution in [0.4, 0.5) is 5.82 Å². The Balaban J connectivity index is 0.000000181. The van der Waals surface area contributed by atoms with Gasteiger partial charge < -0.3 is 9.64 Å². The lowest BCUT2D eigenvalue weighted by Crippen LogP contribution is -2.32. The normalized spacial score (nSPS) is 18.2. The molecule has 32 heavy (non-hydrogen) atoms. The van der Waals surface area contributed by atoms with Gasteiger partial charge in [0.1, 0.15) is 17.2 Å². The zero-order valence-corrected chi connectivity index (χ0v) is 21.7. The van der Waals surface area contributed by atoms with Crippen LogP contribution in [0.2, 0.25) is 0 Å². The number of hydrogen-bond donors (Lipinski definition) is 0. The molecule has 3 heterocycles. The number of anilines is 1. The number of pyridine rings is 1. The Morgan fingerprint density at radius 2 is 1.47 bits per heavy atom. The third-order valence-electron chi connectivity index (χ3n) is 6.60. The van der Waals surface area contributed by atoms with Crippen molar-refractivity contribution in [2.24, 2.45) is 0 Å². The molecule has 4 rings (SSSR count). The van der Waals surface area contributed by atoms with Crippen molar-refractivity contribution in [3.8, 4) is 5.75 Å². The summed E-state index contributed by atoms with van der Waals surface area (Å²) >= 11 is 0. The molecule has 0 amide bonds. The fraction of sp³-hybridized carbons (Fsp3) is 0.621. The highest BCUT2D eigenvalue weighted by Gasteiger charge is 2.27. The minimum atomic E-state index is -0.00372. The number of nitrogens with zero attached hydrogens (tertiary/aromatic N) is 2. The summed E-state index contributed by atoms with van der Waals surface area (Å²) < 4.78 is 5.99. The van der Waals surface area contributed by atoms with Crippen molar-refractivity contribution in [2.75, 3.05) is 18.0 Å². The lowest BCUT2D eigenvalue weighted by Gasteiger charge is -2.33. The predicted molar refractivity (Wildman–Crippen MR) is 137 cm³/mol. The van der Waals surface area contributed by atoms with Crippen LogP contribution in [0.5, 0.6) is 5.75 Å². The fourth-order valence-corrected chi connectivity index (χ4v) is 4.27. The van der Waals surface area contributed by atoms with Crippen LogP contribution in [0.25, 0.3) is 0 Å². The van der Waals surface area contributed by atoms with Gasteiger partial charge in [-0.1, -0.05) is 59.7 Å². The fourth-order valence-electron chi connectivity index (χ4n) is 4.27. The third-order valence-corrected chi connectivity index (χ3v) is 6.60. The van der Waals surface area contributed by atoms with Gasteiger partial charge in [0.15, 0.2) is 0 Å². The molecule has 1 aromatic carbocycles. The summed E-state index contributed by atoms with van der Waals surface area (Å²) in [6, 6.07) is 11.0. The van der Waals surface area contributed by atoms with Gasteiger partial charge in [0.2, 0.25) is 0 Å². The molecule has 176 valence electrons. The zero-order chi connectivity index (χ0) is 23.6. The lowest BCUT2D eigenvalue weighted by atomic mass is 9.84. The van der Waals surface area contributed by atoms with Gasteiger partial charge in [-0.25, -0.2) is 4.98 Å². The Bertz CT molecular complexity index is 879. The summed E-state index contributed by atoms with van der Waals surface area (Å²) in [4.78, 5) is 6.99. The van der Waals surface area contributed by atoms with E-state index in [2.05, 4.69) is 95.6 Å². The Morgan fingerprint density at radius 3 is 2.03 bits per heavy atom. The standard InChI is InChI=1S/C15H22O.C14H22N2/c1-14(2,3)12-6-7-13-11(10-12)8-9-15(4,5)16-13;1-14(2,3)12-7-8-13(15-11-12)16-9-5-4-6-10-16/h6-7,10H,8-9H2,1-5H3;7-8,11H,4-6,9-10H2,1-3H3. The molecule has 2 aliphatic rings. The summed E-state index contributed by atoms with van der Waals surface area (Å²) in [7, 11) is 0. The van der Waals surface area contributed by atoms with Gasteiger partial charge in [-0.15, -0.1) is 0 Å². The van der Waals surface area contributed by atoms with Crippen molar-refractivity contribution in [3.05, 3.63) is 53.2 Å². The molecule has 1 aromatic heterocycles. The van der Waals surface area contributed by atoms with Crippen LogP contribution in [0, 0.1) is 0 Å². The van der Waals surface area contributed by atoms with Crippen LogP contribution in [0.3, 0.4) is 0 Å². The average molecular weight is 437 g/mol. The second kappa shape index (κ2) is 9.45. The summed E-state index contributed by atoms with van der Waals surface area (Å²) in [5, 5.41) is 0. The van der Waals surface area contributed by atoms with Gasteiger partial charge in [0.05, 0.1) is 0 Å². The first-order valence-corrected chi connectivity index (χ1v) is 12.4. The maximum absolute atomic E-state index is 5.99. The third kappa shape index (κ3) is 6.49. The number of ether oxygens (including phenoxy) is 1. The minimum absolute atomic E-state index is 0.00372. The molecule has 0 bridgehead atoms. The molecule has 3 heteroatoms. The molecule has 0 spiro atoms. The van der Waals surface area contributed by atoms with E-state index >= 15 is 0 Å². The van der Waals surface area contributed by atoms with Crippen LogP contribution >= 0.6 is 0 Å². The molecule has 2 aromatic rings. The largest absolute Gasteiger partial charge is 0.488 e. The van der Waals surface area contributed by atoms with E-state index in [-0.39, 0.29) is 16.4 Å². The topological polar surface area (TPSA) is 25.4 Å². The van der Waals surface area contributed by atoms with Crippen molar-refractivity contribution in [3.63, 3.8) is 0 Å². The van der Waals surface area contributed by atoms with Crippen LogP contribution in [-0.4, -0.2) is 23.7 Å². The molecular formula is C29H44N2O. The van der Waals surface area contributed by atoms with Crippen molar-refractivity contribution in [1.82, 2.24) is 4.98 Å². The number of fused-ring (bicyclic) bond motifs is 1. The number of benzene rings is 1. The number of piperidine rings is 1. The van der Waals surface area contributed by atoms with Crippen molar-refractivity contribution >= 4 is 5.82 Å². The first kappa shape index (κ1) is 24.6. The van der Waals surface area contributed by atoms with Gasteiger partial charge in [0.25, 0.3) is 0 Å². The van der Waals surface area contributed by atoms with Crippen molar-refractivity contribution in [1.29, 1.82) is 0 Å². The van der Waals surface area contributed by atoms with Crippen LogP contribution in [-0.2, 0) is 17.3 Å². The summed E-state index contributed by atoms with van der Waals surface area (Å²) in [5.41, 5.74) is 4.50. The molecule has 0 radical (unpaired) electrons. The Labute approximate surface area is 196 Å². The second-order valence-electron chi connectivity index (χ2n) is 12.1. The van der Waals surface area contributed by atoms with Crippen LogP contribution < -0.4 is 9.64 Å². The van der Waals surface area contributed by atoms with Gasteiger partial charge >= 0.3 is 0 Å². The Kier molecular flexibility index (Phi) is 7.27. The smallest absolute Gasteiger partial charge is 0.128 e. The maximum atomic E-state index is 5.99. The lowest BCUT2D eigenvalue weighted by molar-refractivity contribution is 0.0846. The quantitative estimate of drug-likeness (QED) is 0.464. The molecule has 2 aliphatic heterocycles.